The van der Waals surface area contributed by atoms with Crippen LogP contribution in [0.4, 0.5) is 0 Å². The van der Waals surface area contributed by atoms with Crippen molar-refractivity contribution in [2.24, 2.45) is 0 Å². The summed E-state index contributed by atoms with van der Waals surface area (Å²) in [5.74, 6) is -0.907. The maximum atomic E-state index is 10.8. The predicted octanol–water partition coefficient (Wildman–Crippen LogP) is 1.84. The Kier molecular flexibility index (Phi) is 3.03. The van der Waals surface area contributed by atoms with E-state index in [4.69, 9.17) is 9.84 Å². The van der Waals surface area contributed by atoms with Crippen molar-refractivity contribution in [3.8, 4) is 0 Å². The van der Waals surface area contributed by atoms with Gasteiger partial charge < -0.3 is 9.84 Å². The van der Waals surface area contributed by atoms with Crippen molar-refractivity contribution in [2.45, 2.75) is 13.5 Å². The van der Waals surface area contributed by atoms with Crippen LogP contribution in [0.1, 0.15) is 21.5 Å². The fourth-order valence-electron chi connectivity index (χ4n) is 1.24. The summed E-state index contributed by atoms with van der Waals surface area (Å²) in [6.45, 7) is 2.22. The zero-order chi connectivity index (χ0) is 9.84. The molecule has 1 aromatic rings. The van der Waals surface area contributed by atoms with Crippen LogP contribution < -0.4 is 0 Å². The summed E-state index contributed by atoms with van der Waals surface area (Å²) in [6.07, 6.45) is 0. The number of methoxy groups -OCH3 is 1. The standard InChI is InChI=1S/C10H12O3/c1-7-4-3-5-8(10(11)12)9(7)6-13-2/h3-5H,6H2,1-2H3,(H,11,12). The zero-order valence-electron chi connectivity index (χ0n) is 7.70. The Morgan fingerprint density at radius 3 is 2.77 bits per heavy atom. The zero-order valence-corrected chi connectivity index (χ0v) is 7.70. The average Bonchev–Trinajstić information content (AvgIpc) is 2.08. The van der Waals surface area contributed by atoms with Gasteiger partial charge in [-0.15, -0.1) is 0 Å². The van der Waals surface area contributed by atoms with Crippen molar-refractivity contribution in [1.82, 2.24) is 0 Å². The van der Waals surface area contributed by atoms with Crippen LogP contribution in [-0.2, 0) is 11.3 Å². The topological polar surface area (TPSA) is 46.5 Å². The Bertz CT molecular complexity index is 318. The first-order valence-corrected chi connectivity index (χ1v) is 3.97. The number of carboxylic acids is 1. The third kappa shape index (κ3) is 2.06. The van der Waals surface area contributed by atoms with Crippen LogP contribution in [-0.4, -0.2) is 18.2 Å². The number of benzene rings is 1. The van der Waals surface area contributed by atoms with E-state index in [2.05, 4.69) is 0 Å². The molecule has 0 aliphatic carbocycles. The quantitative estimate of drug-likeness (QED) is 0.772. The van der Waals surface area contributed by atoms with Crippen LogP contribution in [0.25, 0.3) is 0 Å². The van der Waals surface area contributed by atoms with Crippen LogP contribution in [0.15, 0.2) is 18.2 Å². The molecule has 0 bridgehead atoms. The summed E-state index contributed by atoms with van der Waals surface area (Å²) in [5.41, 5.74) is 2.01. The summed E-state index contributed by atoms with van der Waals surface area (Å²) < 4.78 is 4.94. The van der Waals surface area contributed by atoms with Gasteiger partial charge in [-0.05, 0) is 24.1 Å². The first-order chi connectivity index (χ1) is 6.16. The van der Waals surface area contributed by atoms with Crippen LogP contribution in [0.5, 0.6) is 0 Å². The van der Waals surface area contributed by atoms with Gasteiger partial charge >= 0.3 is 5.97 Å². The highest BCUT2D eigenvalue weighted by Crippen LogP contribution is 2.14. The number of rotatable bonds is 3. The lowest BCUT2D eigenvalue weighted by Crippen LogP contribution is -2.05. The SMILES string of the molecule is COCc1c(C)cccc1C(=O)O. The molecule has 0 unspecified atom stereocenters. The molecular weight excluding hydrogens is 168 g/mol. The molecule has 0 spiro atoms. The second-order valence-corrected chi connectivity index (χ2v) is 2.84. The van der Waals surface area contributed by atoms with Crippen molar-refractivity contribution >= 4 is 5.97 Å². The molecule has 0 aliphatic heterocycles. The Balaban J connectivity index is 3.17. The maximum absolute atomic E-state index is 10.8. The monoisotopic (exact) mass is 180 g/mol. The van der Waals surface area contributed by atoms with Crippen molar-refractivity contribution in [2.75, 3.05) is 7.11 Å². The third-order valence-corrected chi connectivity index (χ3v) is 1.93. The smallest absolute Gasteiger partial charge is 0.336 e. The fourth-order valence-corrected chi connectivity index (χ4v) is 1.24. The van der Waals surface area contributed by atoms with Crippen molar-refractivity contribution < 1.29 is 14.6 Å². The van der Waals surface area contributed by atoms with E-state index >= 15 is 0 Å². The van der Waals surface area contributed by atoms with Gasteiger partial charge in [-0.2, -0.15) is 0 Å². The Morgan fingerprint density at radius 1 is 1.54 bits per heavy atom. The number of aromatic carboxylic acids is 1. The molecule has 1 rings (SSSR count). The van der Waals surface area contributed by atoms with Crippen molar-refractivity contribution in [1.29, 1.82) is 0 Å². The Morgan fingerprint density at radius 2 is 2.23 bits per heavy atom. The molecule has 70 valence electrons. The lowest BCUT2D eigenvalue weighted by atomic mass is 10.0. The molecule has 0 heterocycles. The molecule has 0 fully saturated rings. The molecule has 0 radical (unpaired) electrons. The van der Waals surface area contributed by atoms with Gasteiger partial charge in [0.15, 0.2) is 0 Å². The van der Waals surface area contributed by atoms with E-state index in [1.807, 2.05) is 13.0 Å². The third-order valence-electron chi connectivity index (χ3n) is 1.93. The minimum Gasteiger partial charge on any atom is -0.478 e. The Hall–Kier alpha value is -1.35. The van der Waals surface area contributed by atoms with Gasteiger partial charge in [-0.1, -0.05) is 12.1 Å². The van der Waals surface area contributed by atoms with Crippen molar-refractivity contribution in [3.63, 3.8) is 0 Å². The molecule has 1 N–H and O–H groups in total. The molecule has 0 saturated heterocycles. The maximum Gasteiger partial charge on any atom is 0.336 e. The van der Waals surface area contributed by atoms with Gasteiger partial charge in [0, 0.05) is 7.11 Å². The first-order valence-electron chi connectivity index (χ1n) is 3.97. The highest BCUT2D eigenvalue weighted by atomic mass is 16.5. The molecule has 0 saturated carbocycles. The van der Waals surface area contributed by atoms with E-state index in [0.717, 1.165) is 11.1 Å². The number of carbonyl (C=O) groups is 1. The molecule has 0 amide bonds. The minimum atomic E-state index is -0.907. The van der Waals surface area contributed by atoms with Gasteiger partial charge in [0.1, 0.15) is 0 Å². The summed E-state index contributed by atoms with van der Waals surface area (Å²) >= 11 is 0. The molecule has 3 nitrogen and oxygen atoms in total. The van der Waals surface area contributed by atoms with Gasteiger partial charge in [0.05, 0.1) is 12.2 Å². The first kappa shape index (κ1) is 9.74. The van der Waals surface area contributed by atoms with Gasteiger partial charge in [0.25, 0.3) is 0 Å². The molecule has 0 aliphatic rings. The lowest BCUT2D eigenvalue weighted by molar-refractivity contribution is 0.0691. The molecule has 3 heteroatoms. The van der Waals surface area contributed by atoms with E-state index in [1.165, 1.54) is 0 Å². The summed E-state index contributed by atoms with van der Waals surface area (Å²) in [5, 5.41) is 8.86. The Labute approximate surface area is 77.0 Å². The molecule has 13 heavy (non-hydrogen) atoms. The molecule has 1 aromatic carbocycles. The average molecular weight is 180 g/mol. The molecule has 0 aromatic heterocycles. The summed E-state index contributed by atoms with van der Waals surface area (Å²) in [4.78, 5) is 10.8. The molecule has 0 atom stereocenters. The summed E-state index contributed by atoms with van der Waals surface area (Å²) in [7, 11) is 1.55. The normalized spacial score (nSPS) is 10.0. The van der Waals surface area contributed by atoms with E-state index < -0.39 is 5.97 Å². The van der Waals surface area contributed by atoms with Gasteiger partial charge in [-0.25, -0.2) is 4.79 Å². The largest absolute Gasteiger partial charge is 0.478 e. The highest BCUT2D eigenvalue weighted by molar-refractivity contribution is 5.89. The second kappa shape index (κ2) is 4.05. The number of carboxylic acid groups (broad SMARTS) is 1. The predicted molar refractivity (Wildman–Crippen MR) is 48.9 cm³/mol. The van der Waals surface area contributed by atoms with Crippen LogP contribution >= 0.6 is 0 Å². The molecular formula is C10H12O3. The minimum absolute atomic E-state index is 0.321. The number of hydrogen-bond donors (Lipinski definition) is 1. The number of hydrogen-bond acceptors (Lipinski definition) is 2. The van der Waals surface area contributed by atoms with Gasteiger partial charge in [0.2, 0.25) is 0 Å². The highest BCUT2D eigenvalue weighted by Gasteiger charge is 2.10. The summed E-state index contributed by atoms with van der Waals surface area (Å²) in [6, 6.07) is 5.20. The fraction of sp³-hybridized carbons (Fsp3) is 0.300. The van der Waals surface area contributed by atoms with Crippen molar-refractivity contribution in [3.05, 3.63) is 34.9 Å². The van der Waals surface area contributed by atoms with Crippen LogP contribution in [0, 0.1) is 6.92 Å². The number of ether oxygens (including phenoxy) is 1. The number of aryl methyl sites for hydroxylation is 1. The van der Waals surface area contributed by atoms with E-state index in [9.17, 15) is 4.79 Å². The van der Waals surface area contributed by atoms with Crippen LogP contribution in [0.3, 0.4) is 0 Å². The van der Waals surface area contributed by atoms with E-state index in [0.29, 0.717) is 12.2 Å². The van der Waals surface area contributed by atoms with Crippen LogP contribution in [0.2, 0.25) is 0 Å². The second-order valence-electron chi connectivity index (χ2n) is 2.84. The van der Waals surface area contributed by atoms with Gasteiger partial charge in [-0.3, -0.25) is 0 Å². The lowest BCUT2D eigenvalue weighted by Gasteiger charge is -2.07. The van der Waals surface area contributed by atoms with E-state index in [-0.39, 0.29) is 0 Å². The van der Waals surface area contributed by atoms with E-state index in [1.54, 1.807) is 19.2 Å².